The first-order valence-corrected chi connectivity index (χ1v) is 10.4. The van der Waals surface area contributed by atoms with E-state index in [1.54, 1.807) is 11.3 Å². The molecule has 4 nitrogen and oxygen atoms in total. The first-order chi connectivity index (χ1) is 13.3. The van der Waals surface area contributed by atoms with Gasteiger partial charge in [-0.25, -0.2) is 4.98 Å². The third-order valence-corrected chi connectivity index (χ3v) is 6.65. The number of hydrogen-bond acceptors (Lipinski definition) is 4. The number of anilines is 1. The molecule has 0 spiro atoms. The van der Waals surface area contributed by atoms with E-state index in [1.807, 2.05) is 15.2 Å². The summed E-state index contributed by atoms with van der Waals surface area (Å²) < 4.78 is 38.0. The summed E-state index contributed by atoms with van der Waals surface area (Å²) in [5.41, 5.74) is 1.31. The van der Waals surface area contributed by atoms with Crippen LogP contribution in [0, 0.1) is 5.92 Å². The van der Waals surface area contributed by atoms with Crippen LogP contribution in [0.15, 0.2) is 23.7 Å². The van der Waals surface area contributed by atoms with Gasteiger partial charge in [0.1, 0.15) is 5.82 Å². The Morgan fingerprint density at radius 3 is 2.61 bits per heavy atom. The van der Waals surface area contributed by atoms with E-state index in [4.69, 9.17) is 0 Å². The van der Waals surface area contributed by atoms with Crippen molar-refractivity contribution in [2.24, 2.45) is 5.92 Å². The number of rotatable bonds is 2. The Morgan fingerprint density at radius 1 is 1.21 bits per heavy atom. The van der Waals surface area contributed by atoms with Crippen molar-refractivity contribution in [2.75, 3.05) is 31.1 Å². The van der Waals surface area contributed by atoms with Gasteiger partial charge in [0.25, 0.3) is 5.91 Å². The molecule has 1 atom stereocenters. The Morgan fingerprint density at radius 2 is 1.96 bits per heavy atom. The SMILES string of the molecule is CC1CCc2c(C(=O)N3CCN(c4ccc(C(F)(F)F)cn4)CC3)csc2C1. The van der Waals surface area contributed by atoms with Gasteiger partial charge in [0.15, 0.2) is 0 Å². The summed E-state index contributed by atoms with van der Waals surface area (Å²) in [7, 11) is 0. The lowest BCUT2D eigenvalue weighted by atomic mass is 9.88. The number of amides is 1. The lowest BCUT2D eigenvalue weighted by molar-refractivity contribution is -0.137. The zero-order chi connectivity index (χ0) is 19.9. The van der Waals surface area contributed by atoms with E-state index >= 15 is 0 Å². The molecule has 0 aromatic carbocycles. The zero-order valence-electron chi connectivity index (χ0n) is 15.6. The summed E-state index contributed by atoms with van der Waals surface area (Å²) >= 11 is 1.69. The maximum absolute atomic E-state index is 13.0. The monoisotopic (exact) mass is 409 g/mol. The predicted octanol–water partition coefficient (Wildman–Crippen LogP) is 4.25. The zero-order valence-corrected chi connectivity index (χ0v) is 16.4. The number of piperazine rings is 1. The number of thiophene rings is 1. The highest BCUT2D eigenvalue weighted by molar-refractivity contribution is 7.10. The topological polar surface area (TPSA) is 36.4 Å². The molecule has 2 aliphatic rings. The summed E-state index contributed by atoms with van der Waals surface area (Å²) in [6, 6.07) is 2.45. The van der Waals surface area contributed by atoms with E-state index in [-0.39, 0.29) is 5.91 Å². The minimum absolute atomic E-state index is 0.0760. The molecule has 1 unspecified atom stereocenters. The third kappa shape index (κ3) is 3.74. The molecule has 0 bridgehead atoms. The predicted molar refractivity (Wildman–Crippen MR) is 103 cm³/mol. The van der Waals surface area contributed by atoms with Crippen molar-refractivity contribution in [2.45, 2.75) is 32.4 Å². The van der Waals surface area contributed by atoms with Gasteiger partial charge in [-0.3, -0.25) is 4.79 Å². The largest absolute Gasteiger partial charge is 0.417 e. The molecule has 1 fully saturated rings. The fourth-order valence-electron chi connectivity index (χ4n) is 3.91. The highest BCUT2D eigenvalue weighted by Gasteiger charge is 2.32. The molecule has 0 saturated carbocycles. The first-order valence-electron chi connectivity index (χ1n) is 9.49. The molecule has 150 valence electrons. The number of carbonyl (C=O) groups excluding carboxylic acids is 1. The molecule has 0 radical (unpaired) electrons. The van der Waals surface area contributed by atoms with Gasteiger partial charge in [-0.15, -0.1) is 11.3 Å². The Kier molecular flexibility index (Phi) is 5.07. The molecule has 1 amide bonds. The van der Waals surface area contributed by atoms with Crippen LogP contribution in [0.2, 0.25) is 0 Å². The van der Waals surface area contributed by atoms with Crippen molar-refractivity contribution < 1.29 is 18.0 Å². The smallest absolute Gasteiger partial charge is 0.353 e. The summed E-state index contributed by atoms with van der Waals surface area (Å²) in [5, 5.41) is 1.99. The molecule has 0 N–H and O–H groups in total. The number of hydrogen-bond donors (Lipinski definition) is 0. The number of halogens is 3. The van der Waals surface area contributed by atoms with Gasteiger partial charge in [0.2, 0.25) is 0 Å². The maximum Gasteiger partial charge on any atom is 0.417 e. The van der Waals surface area contributed by atoms with Crippen molar-refractivity contribution in [3.05, 3.63) is 45.3 Å². The average molecular weight is 409 g/mol. The maximum atomic E-state index is 13.0. The van der Waals surface area contributed by atoms with Gasteiger partial charge in [0, 0.05) is 42.6 Å². The van der Waals surface area contributed by atoms with Crippen LogP contribution in [-0.4, -0.2) is 42.0 Å². The molecule has 4 rings (SSSR count). The third-order valence-electron chi connectivity index (χ3n) is 5.60. The molecule has 1 aliphatic carbocycles. The van der Waals surface area contributed by atoms with Gasteiger partial charge in [-0.2, -0.15) is 13.2 Å². The lowest BCUT2D eigenvalue weighted by Gasteiger charge is -2.35. The average Bonchev–Trinajstić information content (AvgIpc) is 3.10. The van der Waals surface area contributed by atoms with Crippen LogP contribution in [0.1, 0.15) is 39.7 Å². The minimum atomic E-state index is -4.38. The van der Waals surface area contributed by atoms with Crippen LogP contribution in [0.3, 0.4) is 0 Å². The van der Waals surface area contributed by atoms with Crippen LogP contribution in [-0.2, 0) is 19.0 Å². The Bertz CT molecular complexity index is 855. The Balaban J connectivity index is 1.40. The van der Waals surface area contributed by atoms with E-state index in [2.05, 4.69) is 11.9 Å². The molecule has 2 aromatic heterocycles. The van der Waals surface area contributed by atoms with Gasteiger partial charge < -0.3 is 9.80 Å². The van der Waals surface area contributed by atoms with Crippen molar-refractivity contribution in [1.82, 2.24) is 9.88 Å². The molecule has 1 saturated heterocycles. The summed E-state index contributed by atoms with van der Waals surface area (Å²) in [6.07, 6.45) is -0.367. The summed E-state index contributed by atoms with van der Waals surface area (Å²) in [6.45, 7) is 4.46. The second kappa shape index (κ2) is 7.39. The van der Waals surface area contributed by atoms with Crippen molar-refractivity contribution >= 4 is 23.1 Å². The standard InChI is InChI=1S/C20H22F3N3OS/c1-13-2-4-15-16(12-28-17(15)10-13)19(27)26-8-6-25(7-9-26)18-5-3-14(11-24-18)20(21,22)23/h3,5,11-13H,2,4,6-10H2,1H3. The minimum Gasteiger partial charge on any atom is -0.353 e. The van der Waals surface area contributed by atoms with Crippen LogP contribution in [0.25, 0.3) is 0 Å². The first kappa shape index (κ1) is 19.2. The van der Waals surface area contributed by atoms with E-state index in [1.165, 1.54) is 16.5 Å². The normalized spacial score (nSPS) is 20.2. The summed E-state index contributed by atoms with van der Waals surface area (Å²) in [5.74, 6) is 1.27. The van der Waals surface area contributed by atoms with Crippen molar-refractivity contribution in [3.8, 4) is 0 Å². The second-order valence-corrected chi connectivity index (χ2v) is 8.55. The van der Waals surface area contributed by atoms with Gasteiger partial charge >= 0.3 is 6.18 Å². The van der Waals surface area contributed by atoms with Crippen molar-refractivity contribution in [3.63, 3.8) is 0 Å². The number of fused-ring (bicyclic) bond motifs is 1. The lowest BCUT2D eigenvalue weighted by Crippen LogP contribution is -2.49. The fourth-order valence-corrected chi connectivity index (χ4v) is 5.14. The molecule has 28 heavy (non-hydrogen) atoms. The van der Waals surface area contributed by atoms with E-state index < -0.39 is 11.7 Å². The fraction of sp³-hybridized carbons (Fsp3) is 0.500. The van der Waals surface area contributed by atoms with Crippen LogP contribution < -0.4 is 4.90 Å². The Hall–Kier alpha value is -2.09. The van der Waals surface area contributed by atoms with Crippen LogP contribution >= 0.6 is 11.3 Å². The number of pyridine rings is 1. The number of carbonyl (C=O) groups is 1. The molecule has 1 aliphatic heterocycles. The van der Waals surface area contributed by atoms with Crippen LogP contribution in [0.4, 0.5) is 19.0 Å². The number of aromatic nitrogens is 1. The van der Waals surface area contributed by atoms with E-state index in [0.717, 1.165) is 37.1 Å². The summed E-state index contributed by atoms with van der Waals surface area (Å²) in [4.78, 5) is 22.1. The number of alkyl halides is 3. The Labute approximate surface area is 166 Å². The highest BCUT2D eigenvalue weighted by atomic mass is 32.1. The second-order valence-electron chi connectivity index (χ2n) is 7.58. The van der Waals surface area contributed by atoms with Crippen LogP contribution in [0.5, 0.6) is 0 Å². The van der Waals surface area contributed by atoms with Gasteiger partial charge in [0.05, 0.1) is 11.1 Å². The molecular formula is C20H22F3N3OS. The van der Waals surface area contributed by atoms with E-state index in [0.29, 0.717) is 37.9 Å². The molecule has 2 aromatic rings. The van der Waals surface area contributed by atoms with Gasteiger partial charge in [-0.05, 0) is 42.9 Å². The highest BCUT2D eigenvalue weighted by Crippen LogP contribution is 2.34. The molecule has 3 heterocycles. The molecular weight excluding hydrogens is 387 g/mol. The van der Waals surface area contributed by atoms with E-state index in [9.17, 15) is 18.0 Å². The quantitative estimate of drug-likeness (QED) is 0.744. The van der Waals surface area contributed by atoms with Gasteiger partial charge in [-0.1, -0.05) is 6.92 Å². The van der Waals surface area contributed by atoms with Crippen molar-refractivity contribution in [1.29, 1.82) is 0 Å². The number of nitrogens with zero attached hydrogens (tertiary/aromatic N) is 3. The molecule has 8 heteroatoms.